The average Bonchev–Trinajstić information content (AvgIpc) is 3.30. The van der Waals surface area contributed by atoms with Crippen molar-refractivity contribution in [1.82, 2.24) is 4.98 Å². The molecule has 0 aliphatic carbocycles. The van der Waals surface area contributed by atoms with Crippen LogP contribution < -0.4 is 15.0 Å². The van der Waals surface area contributed by atoms with Crippen LogP contribution in [0.1, 0.15) is 32.6 Å². The lowest BCUT2D eigenvalue weighted by molar-refractivity contribution is -0.121. The summed E-state index contributed by atoms with van der Waals surface area (Å²) >= 11 is 0. The highest BCUT2D eigenvalue weighted by Gasteiger charge is 2.39. The number of H-pyrrole nitrogens is 1. The van der Waals surface area contributed by atoms with Gasteiger partial charge in [0, 0.05) is 17.4 Å². The van der Waals surface area contributed by atoms with Crippen molar-refractivity contribution in [2.24, 2.45) is 0 Å². The van der Waals surface area contributed by atoms with Gasteiger partial charge in [0.05, 0.1) is 18.7 Å². The number of hydrogen-bond acceptors (Lipinski definition) is 4. The molecule has 0 spiro atoms. The summed E-state index contributed by atoms with van der Waals surface area (Å²) in [5.41, 5.74) is 2.37. The van der Waals surface area contributed by atoms with Crippen LogP contribution in [0.3, 0.4) is 0 Å². The fraction of sp³-hybridized carbons (Fsp3) is 0.304. The van der Waals surface area contributed by atoms with Crippen LogP contribution in [0, 0.1) is 0 Å². The van der Waals surface area contributed by atoms with Gasteiger partial charge in [-0.3, -0.25) is 9.59 Å². The maximum Gasteiger partial charge on any atom is 0.256 e. The third kappa shape index (κ3) is 4.11. The number of nitrogens with one attached hydrogen (secondary N) is 2. The molecule has 1 unspecified atom stereocenters. The summed E-state index contributed by atoms with van der Waals surface area (Å²) in [4.78, 5) is 29.8. The predicted molar refractivity (Wildman–Crippen MR) is 114 cm³/mol. The molecule has 2 amide bonds. The first-order chi connectivity index (χ1) is 14.2. The zero-order valence-corrected chi connectivity index (χ0v) is 16.5. The molecule has 0 radical (unpaired) electrons. The number of benzene rings is 2. The highest BCUT2D eigenvalue weighted by Crippen LogP contribution is 2.27. The molecule has 3 aromatic rings. The minimum absolute atomic E-state index is 0.136. The molecule has 4 rings (SSSR count). The highest BCUT2D eigenvalue weighted by atomic mass is 16.5. The number of fused-ring (bicyclic) bond motifs is 1. The second-order valence-corrected chi connectivity index (χ2v) is 7.30. The molecule has 6 heteroatoms. The van der Waals surface area contributed by atoms with E-state index in [4.69, 9.17) is 4.74 Å². The van der Waals surface area contributed by atoms with Crippen molar-refractivity contribution in [1.29, 1.82) is 0 Å². The lowest BCUT2D eigenvalue weighted by Gasteiger charge is -2.17. The predicted octanol–water partition coefficient (Wildman–Crippen LogP) is 4.48. The van der Waals surface area contributed by atoms with Gasteiger partial charge in [-0.15, -0.1) is 0 Å². The molecular weight excluding hydrogens is 366 g/mol. The second kappa shape index (κ2) is 8.39. The SMILES string of the molecule is CCCCCOc1ccc(N2C(=O)CC(Nc3ccc4cc[nH]c4c3)C2=O)cc1. The van der Waals surface area contributed by atoms with Crippen molar-refractivity contribution in [3.05, 3.63) is 54.7 Å². The Balaban J connectivity index is 1.42. The summed E-state index contributed by atoms with van der Waals surface area (Å²) in [7, 11) is 0. The Hall–Kier alpha value is -3.28. The number of carbonyl (C=O) groups is 2. The van der Waals surface area contributed by atoms with E-state index in [0.717, 1.165) is 41.6 Å². The number of hydrogen-bond donors (Lipinski definition) is 2. The molecule has 2 aromatic carbocycles. The van der Waals surface area contributed by atoms with Gasteiger partial charge in [0.2, 0.25) is 5.91 Å². The van der Waals surface area contributed by atoms with Gasteiger partial charge in [-0.2, -0.15) is 0 Å². The van der Waals surface area contributed by atoms with E-state index in [1.807, 2.05) is 42.6 Å². The normalized spacial score (nSPS) is 16.6. The minimum Gasteiger partial charge on any atom is -0.494 e. The zero-order chi connectivity index (χ0) is 20.2. The molecule has 2 N–H and O–H groups in total. The van der Waals surface area contributed by atoms with E-state index in [0.29, 0.717) is 12.3 Å². The molecule has 150 valence electrons. The fourth-order valence-electron chi connectivity index (χ4n) is 3.59. The van der Waals surface area contributed by atoms with Crippen molar-refractivity contribution in [2.75, 3.05) is 16.8 Å². The van der Waals surface area contributed by atoms with E-state index < -0.39 is 6.04 Å². The summed E-state index contributed by atoms with van der Waals surface area (Å²) in [6, 6.07) is 14.4. The van der Waals surface area contributed by atoms with E-state index in [9.17, 15) is 9.59 Å². The molecule has 0 saturated carbocycles. The third-order valence-corrected chi connectivity index (χ3v) is 5.15. The first-order valence-electron chi connectivity index (χ1n) is 10.1. The first kappa shape index (κ1) is 19.1. The number of amides is 2. The van der Waals surface area contributed by atoms with Gasteiger partial charge in [0.15, 0.2) is 0 Å². The topological polar surface area (TPSA) is 74.4 Å². The van der Waals surface area contributed by atoms with E-state index in [-0.39, 0.29) is 18.2 Å². The molecular formula is C23H25N3O3. The fourth-order valence-corrected chi connectivity index (χ4v) is 3.59. The second-order valence-electron chi connectivity index (χ2n) is 7.30. The van der Waals surface area contributed by atoms with Crippen LogP contribution >= 0.6 is 0 Å². The smallest absolute Gasteiger partial charge is 0.256 e. The Labute approximate surface area is 169 Å². The molecule has 1 fully saturated rings. The van der Waals surface area contributed by atoms with Gasteiger partial charge in [-0.1, -0.05) is 25.8 Å². The molecule has 0 bridgehead atoms. The molecule has 2 heterocycles. The van der Waals surface area contributed by atoms with Crippen molar-refractivity contribution < 1.29 is 14.3 Å². The highest BCUT2D eigenvalue weighted by molar-refractivity contribution is 6.23. The Morgan fingerprint density at radius 3 is 2.72 bits per heavy atom. The van der Waals surface area contributed by atoms with Gasteiger partial charge in [-0.25, -0.2) is 4.90 Å². The van der Waals surface area contributed by atoms with Crippen LogP contribution in [0.2, 0.25) is 0 Å². The number of aromatic nitrogens is 1. The van der Waals surface area contributed by atoms with Gasteiger partial charge in [-0.05, 0) is 54.3 Å². The third-order valence-electron chi connectivity index (χ3n) is 5.15. The summed E-state index contributed by atoms with van der Waals surface area (Å²) < 4.78 is 5.70. The van der Waals surface area contributed by atoms with Crippen LogP contribution in [-0.2, 0) is 9.59 Å². The quantitative estimate of drug-likeness (QED) is 0.439. The van der Waals surface area contributed by atoms with Crippen molar-refractivity contribution in [3.63, 3.8) is 0 Å². The van der Waals surface area contributed by atoms with Crippen molar-refractivity contribution in [2.45, 2.75) is 38.6 Å². The first-order valence-corrected chi connectivity index (χ1v) is 10.1. The number of carbonyl (C=O) groups excluding carboxylic acids is 2. The summed E-state index contributed by atoms with van der Waals surface area (Å²) in [6.45, 7) is 2.82. The van der Waals surface area contributed by atoms with Gasteiger partial charge in [0.25, 0.3) is 5.91 Å². The summed E-state index contributed by atoms with van der Waals surface area (Å²) in [6.07, 6.45) is 5.31. The number of ether oxygens (including phenoxy) is 1. The standard InChI is InChI=1S/C23H25N3O3/c1-2-3-4-13-29-19-9-7-18(8-10-19)26-22(27)15-21(23(26)28)25-17-6-5-16-11-12-24-20(16)14-17/h5-12,14,21,24-25H,2-4,13,15H2,1H3. The molecule has 1 atom stereocenters. The van der Waals surface area contributed by atoms with E-state index in [1.165, 1.54) is 4.90 Å². The Bertz CT molecular complexity index is 1010. The lowest BCUT2D eigenvalue weighted by Crippen LogP contribution is -2.34. The zero-order valence-electron chi connectivity index (χ0n) is 16.5. The largest absolute Gasteiger partial charge is 0.494 e. The average molecular weight is 391 g/mol. The molecule has 6 nitrogen and oxygen atoms in total. The Morgan fingerprint density at radius 2 is 1.93 bits per heavy atom. The maximum atomic E-state index is 12.9. The molecule has 1 saturated heterocycles. The van der Waals surface area contributed by atoms with E-state index >= 15 is 0 Å². The van der Waals surface area contributed by atoms with Crippen LogP contribution in [0.25, 0.3) is 10.9 Å². The van der Waals surface area contributed by atoms with Crippen molar-refractivity contribution in [3.8, 4) is 5.75 Å². The van der Waals surface area contributed by atoms with Crippen LogP contribution in [-0.4, -0.2) is 29.4 Å². The van der Waals surface area contributed by atoms with Gasteiger partial charge in [0.1, 0.15) is 11.8 Å². The lowest BCUT2D eigenvalue weighted by atomic mass is 10.2. The number of nitrogens with zero attached hydrogens (tertiary/aromatic N) is 1. The van der Waals surface area contributed by atoms with Gasteiger partial charge >= 0.3 is 0 Å². The van der Waals surface area contributed by atoms with Crippen LogP contribution in [0.4, 0.5) is 11.4 Å². The number of rotatable bonds is 8. The van der Waals surface area contributed by atoms with E-state index in [1.54, 1.807) is 12.1 Å². The molecule has 1 aromatic heterocycles. The van der Waals surface area contributed by atoms with Crippen LogP contribution in [0.5, 0.6) is 5.75 Å². The van der Waals surface area contributed by atoms with Gasteiger partial charge < -0.3 is 15.0 Å². The number of aromatic amines is 1. The van der Waals surface area contributed by atoms with E-state index in [2.05, 4.69) is 17.2 Å². The number of unbranched alkanes of at least 4 members (excludes halogenated alkanes) is 2. The summed E-state index contributed by atoms with van der Waals surface area (Å²) in [5.74, 6) is 0.307. The number of anilines is 2. The minimum atomic E-state index is -0.570. The number of imide groups is 1. The molecule has 1 aliphatic rings. The Kier molecular flexibility index (Phi) is 5.51. The monoisotopic (exact) mass is 391 g/mol. The molecule has 1 aliphatic heterocycles. The molecule has 29 heavy (non-hydrogen) atoms. The van der Waals surface area contributed by atoms with Crippen molar-refractivity contribution >= 4 is 34.1 Å². The maximum absolute atomic E-state index is 12.9. The van der Waals surface area contributed by atoms with Crippen LogP contribution in [0.15, 0.2) is 54.7 Å². The summed E-state index contributed by atoms with van der Waals surface area (Å²) in [5, 5.41) is 4.30. The Morgan fingerprint density at radius 1 is 1.10 bits per heavy atom.